The fraction of sp³-hybridized carbons (Fsp3) is 0. The lowest BCUT2D eigenvalue weighted by Crippen LogP contribution is -1.95. The third kappa shape index (κ3) is 6.81. The minimum atomic E-state index is 0.939. The first-order valence-corrected chi connectivity index (χ1v) is 28.3. The van der Waals surface area contributed by atoms with Crippen LogP contribution < -0.4 is 0 Å². The molecule has 0 unspecified atom stereocenters. The van der Waals surface area contributed by atoms with E-state index >= 15 is 0 Å². The summed E-state index contributed by atoms with van der Waals surface area (Å²) >= 11 is 1.88. The maximum absolute atomic E-state index is 5.34. The predicted molar refractivity (Wildman–Crippen MR) is 344 cm³/mol. The molecule has 80 heavy (non-hydrogen) atoms. The van der Waals surface area contributed by atoms with E-state index in [2.05, 4.69) is 284 Å². The van der Waals surface area contributed by atoms with E-state index in [-0.39, 0.29) is 0 Å². The molecule has 3 heteroatoms. The van der Waals surface area contributed by atoms with Gasteiger partial charge >= 0.3 is 0 Å². The molecule has 0 N–H and O–H groups in total. The quantitative estimate of drug-likeness (QED) is 0.152. The Morgan fingerprint density at radius 2 is 0.775 bits per heavy atom. The van der Waals surface area contributed by atoms with Gasteiger partial charge < -0.3 is 4.57 Å². The van der Waals surface area contributed by atoms with Crippen LogP contribution in [0.25, 0.3) is 168 Å². The smallest absolute Gasteiger partial charge is 0.0708 e. The zero-order valence-corrected chi connectivity index (χ0v) is 44.2. The predicted octanol–water partition coefficient (Wildman–Crippen LogP) is 21.8. The average molecular weight is 1030 g/mol. The highest BCUT2D eigenvalue weighted by Crippen LogP contribution is 2.48. The van der Waals surface area contributed by atoms with Crippen molar-refractivity contribution in [1.82, 2.24) is 9.55 Å². The van der Waals surface area contributed by atoms with E-state index in [0.717, 1.165) is 50.1 Å². The summed E-state index contributed by atoms with van der Waals surface area (Å²) in [6.07, 6.45) is 2.10. The number of aromatic nitrogens is 2. The van der Waals surface area contributed by atoms with Gasteiger partial charge in [0.1, 0.15) is 0 Å². The molecule has 2 nitrogen and oxygen atoms in total. The van der Waals surface area contributed by atoms with Crippen molar-refractivity contribution in [1.29, 1.82) is 0 Å². The molecule has 0 bridgehead atoms. The fourth-order valence-corrected chi connectivity index (χ4v) is 14.6. The van der Waals surface area contributed by atoms with E-state index in [1.807, 2.05) is 11.3 Å². The highest BCUT2D eigenvalue weighted by Gasteiger charge is 2.22. The largest absolute Gasteiger partial charge is 0.309 e. The van der Waals surface area contributed by atoms with Gasteiger partial charge in [0.05, 0.1) is 16.7 Å². The number of fused-ring (bicyclic) bond motifs is 18. The van der Waals surface area contributed by atoms with Crippen LogP contribution in [0.2, 0.25) is 0 Å². The van der Waals surface area contributed by atoms with E-state index < -0.39 is 0 Å². The van der Waals surface area contributed by atoms with Gasteiger partial charge in [-0.2, -0.15) is 0 Å². The zero-order chi connectivity index (χ0) is 52.4. The molecule has 370 valence electrons. The monoisotopic (exact) mass is 1030 g/mol. The van der Waals surface area contributed by atoms with Gasteiger partial charge in [0.15, 0.2) is 0 Å². The van der Waals surface area contributed by atoms with E-state index in [4.69, 9.17) is 4.98 Å². The van der Waals surface area contributed by atoms with E-state index in [9.17, 15) is 0 Å². The van der Waals surface area contributed by atoms with Crippen LogP contribution in [-0.2, 0) is 0 Å². The average Bonchev–Trinajstić information content (AvgIpc) is 4.21. The molecule has 0 aliphatic heterocycles. The first-order chi connectivity index (χ1) is 39.7. The van der Waals surface area contributed by atoms with Gasteiger partial charge in [-0.1, -0.05) is 212 Å². The number of hydrogen-bond acceptors (Lipinski definition) is 2. The Morgan fingerprint density at radius 3 is 1.48 bits per heavy atom. The number of rotatable bonds is 6. The van der Waals surface area contributed by atoms with Crippen LogP contribution in [0.15, 0.2) is 279 Å². The lowest BCUT2D eigenvalue weighted by Gasteiger charge is -2.20. The van der Waals surface area contributed by atoms with Crippen molar-refractivity contribution >= 4 is 118 Å². The first-order valence-electron chi connectivity index (χ1n) is 27.5. The molecule has 17 aromatic rings. The SMILES string of the molecule is c1cc(-c2cc(-c3cc4c5ccccc5c5ccccc5c4cn3)ccc2-c2cc(-c3cccc(-n4c5ccccc5c5ccccc54)c3)cc3c4ccccc4c4ccccc4c23)cc(-c2cccc3c2sc2ccccc23)c1. The number of benzene rings is 14. The van der Waals surface area contributed by atoms with Gasteiger partial charge in [-0.3, -0.25) is 4.98 Å². The number of para-hydroxylation sites is 2. The molecule has 0 saturated heterocycles. The topological polar surface area (TPSA) is 17.8 Å². The second-order valence-electron chi connectivity index (χ2n) is 21.3. The van der Waals surface area contributed by atoms with Crippen LogP contribution in [0.3, 0.4) is 0 Å². The summed E-state index contributed by atoms with van der Waals surface area (Å²) in [4.78, 5) is 5.34. The van der Waals surface area contributed by atoms with Crippen molar-refractivity contribution in [3.63, 3.8) is 0 Å². The molecule has 0 fully saturated rings. The molecule has 17 rings (SSSR count). The molecule has 3 heterocycles. The summed E-state index contributed by atoms with van der Waals surface area (Å²) in [6.45, 7) is 0. The van der Waals surface area contributed by atoms with Crippen molar-refractivity contribution in [3.8, 4) is 61.5 Å². The van der Waals surface area contributed by atoms with Crippen molar-refractivity contribution in [3.05, 3.63) is 279 Å². The highest BCUT2D eigenvalue weighted by molar-refractivity contribution is 7.26. The van der Waals surface area contributed by atoms with Gasteiger partial charge in [0, 0.05) is 53.8 Å². The Labute approximate surface area is 465 Å². The third-order valence-corrected chi connectivity index (χ3v) is 18.2. The second kappa shape index (κ2) is 17.7. The normalized spacial score (nSPS) is 12.0. The lowest BCUT2D eigenvalue weighted by molar-refractivity contribution is 1.18. The fourth-order valence-electron chi connectivity index (χ4n) is 13.4. The number of nitrogens with zero attached hydrogens (tertiary/aromatic N) is 2. The molecule has 0 spiro atoms. The molecular formula is C77H46N2S. The van der Waals surface area contributed by atoms with Gasteiger partial charge in [0.2, 0.25) is 0 Å². The summed E-state index contributed by atoms with van der Waals surface area (Å²) in [7, 11) is 0. The molecule has 0 amide bonds. The summed E-state index contributed by atoms with van der Waals surface area (Å²) in [5.41, 5.74) is 14.9. The molecular weight excluding hydrogens is 985 g/mol. The maximum Gasteiger partial charge on any atom is 0.0708 e. The van der Waals surface area contributed by atoms with Gasteiger partial charge in [-0.15, -0.1) is 11.3 Å². The minimum Gasteiger partial charge on any atom is -0.309 e. The molecule has 14 aromatic carbocycles. The van der Waals surface area contributed by atoms with Crippen LogP contribution in [0.4, 0.5) is 0 Å². The van der Waals surface area contributed by atoms with Gasteiger partial charge in [0.25, 0.3) is 0 Å². The van der Waals surface area contributed by atoms with Crippen molar-refractivity contribution in [2.45, 2.75) is 0 Å². The lowest BCUT2D eigenvalue weighted by atomic mass is 9.84. The van der Waals surface area contributed by atoms with Crippen LogP contribution in [0.5, 0.6) is 0 Å². The Morgan fingerprint density at radius 1 is 0.263 bits per heavy atom. The number of pyridine rings is 1. The minimum absolute atomic E-state index is 0.939. The van der Waals surface area contributed by atoms with Crippen molar-refractivity contribution < 1.29 is 0 Å². The van der Waals surface area contributed by atoms with E-state index in [1.165, 1.54) is 118 Å². The first kappa shape index (κ1) is 44.9. The van der Waals surface area contributed by atoms with E-state index in [1.54, 1.807) is 0 Å². The van der Waals surface area contributed by atoms with Crippen LogP contribution in [0, 0.1) is 0 Å². The summed E-state index contributed by atoms with van der Waals surface area (Å²) in [6, 6.07) is 101. The Hall–Kier alpha value is -10.2. The molecule has 3 aromatic heterocycles. The van der Waals surface area contributed by atoms with Crippen LogP contribution in [-0.4, -0.2) is 9.55 Å². The van der Waals surface area contributed by atoms with Crippen LogP contribution in [0.1, 0.15) is 0 Å². The zero-order valence-electron chi connectivity index (χ0n) is 43.4. The molecule has 0 aliphatic rings. The highest BCUT2D eigenvalue weighted by atomic mass is 32.1. The number of hydrogen-bond donors (Lipinski definition) is 0. The van der Waals surface area contributed by atoms with Crippen molar-refractivity contribution in [2.75, 3.05) is 0 Å². The standard InChI is InChI=1S/C77H46N2S/c1-4-26-58-54(22-1)55-23-3-6-28-60(55)71-46-78-72(45-68(58)71)50-38-39-61(67(42-50)49-20-15-19-48(40-49)53-33-17-34-66-64-31-11-14-37-75(64)80-77(53)66)70-44-51(43-69-59-27-5-2-24-56(59)57-25-7-8-32-65(57)76(69)70)47-18-16-21-52(41-47)79-73-35-12-9-29-62(73)63-30-10-13-36-74(63)79/h1-46H. The Bertz CT molecular complexity index is 5360. The van der Waals surface area contributed by atoms with Gasteiger partial charge in [-0.25, -0.2) is 0 Å². The van der Waals surface area contributed by atoms with Crippen LogP contribution >= 0.6 is 11.3 Å². The molecule has 0 atom stereocenters. The summed E-state index contributed by atoms with van der Waals surface area (Å²) in [5.74, 6) is 0. The third-order valence-electron chi connectivity index (χ3n) is 17.0. The number of thiophene rings is 1. The molecule has 0 aliphatic carbocycles. The molecule has 0 radical (unpaired) electrons. The summed E-state index contributed by atoms with van der Waals surface area (Å²) < 4.78 is 5.03. The summed E-state index contributed by atoms with van der Waals surface area (Å²) in [5, 5.41) is 19.8. The van der Waals surface area contributed by atoms with Gasteiger partial charge in [-0.05, 0) is 164 Å². The Kier molecular flexibility index (Phi) is 9.92. The maximum atomic E-state index is 5.34. The second-order valence-corrected chi connectivity index (χ2v) is 22.3. The molecule has 0 saturated carbocycles. The van der Waals surface area contributed by atoms with E-state index in [0.29, 0.717) is 0 Å². The van der Waals surface area contributed by atoms with Crippen molar-refractivity contribution in [2.24, 2.45) is 0 Å². The Balaban J connectivity index is 0.944.